The third-order valence-corrected chi connectivity index (χ3v) is 7.74. The van der Waals surface area contributed by atoms with Gasteiger partial charge >= 0.3 is 12.4 Å². The molecule has 7 nitrogen and oxygen atoms in total. The molecule has 204 valence electrons. The zero-order valence-electron chi connectivity index (χ0n) is 20.7. The molecule has 0 unspecified atom stereocenters. The van der Waals surface area contributed by atoms with Gasteiger partial charge in [-0.15, -0.1) is 13.2 Å². The number of piperidine rings is 1. The topological polar surface area (TPSA) is 79.9 Å². The van der Waals surface area contributed by atoms with Crippen LogP contribution in [0.3, 0.4) is 0 Å². The second-order valence-corrected chi connectivity index (χ2v) is 10.1. The highest BCUT2D eigenvalue weighted by Crippen LogP contribution is 2.43. The molecule has 2 saturated heterocycles. The van der Waals surface area contributed by atoms with Gasteiger partial charge in [-0.25, -0.2) is 9.18 Å². The van der Waals surface area contributed by atoms with E-state index in [-0.39, 0.29) is 35.9 Å². The van der Waals surface area contributed by atoms with E-state index >= 15 is 0 Å². The molecule has 2 aromatic rings. The molecule has 2 aromatic carbocycles. The molecule has 0 aromatic heterocycles. The van der Waals surface area contributed by atoms with Crippen molar-refractivity contribution >= 4 is 11.9 Å². The molecule has 2 N–H and O–H groups in total. The number of amides is 3. The number of rotatable bonds is 6. The normalized spacial score (nSPS) is 21.3. The number of carbonyl (C=O) groups is 2. The third-order valence-electron chi connectivity index (χ3n) is 7.74. The summed E-state index contributed by atoms with van der Waals surface area (Å²) in [6, 6.07) is 9.74. The van der Waals surface area contributed by atoms with Gasteiger partial charge in [0.25, 0.3) is 0 Å². The van der Waals surface area contributed by atoms with E-state index in [1.807, 2.05) is 0 Å². The Morgan fingerprint density at radius 3 is 2.50 bits per heavy atom. The minimum Gasteiger partial charge on any atom is -0.490 e. The first-order valence-corrected chi connectivity index (χ1v) is 12.8. The quantitative estimate of drug-likeness (QED) is 0.528. The number of hydrogen-bond acceptors (Lipinski definition) is 4. The average molecular weight is 536 g/mol. The van der Waals surface area contributed by atoms with Gasteiger partial charge in [-0.2, -0.15) is 0 Å². The van der Waals surface area contributed by atoms with E-state index in [0.717, 1.165) is 24.8 Å². The SMILES string of the molecule is O=C1NC[C@@H](c2ccc(F)cc2OC2CCC2)C2(CCN(C(=O)Cc3ccccc3OC(F)(F)F)CC2)N1. The van der Waals surface area contributed by atoms with Crippen LogP contribution in [0, 0.1) is 5.82 Å². The molecule has 1 saturated carbocycles. The summed E-state index contributed by atoms with van der Waals surface area (Å²) in [7, 11) is 0. The van der Waals surface area contributed by atoms with Crippen LogP contribution in [0.25, 0.3) is 0 Å². The van der Waals surface area contributed by atoms with Gasteiger partial charge in [0.2, 0.25) is 5.91 Å². The summed E-state index contributed by atoms with van der Waals surface area (Å²) in [5.74, 6) is -0.889. The number of nitrogens with one attached hydrogen (secondary N) is 2. The van der Waals surface area contributed by atoms with Crippen LogP contribution in [0.1, 0.15) is 49.1 Å². The largest absolute Gasteiger partial charge is 0.573 e. The van der Waals surface area contributed by atoms with E-state index in [2.05, 4.69) is 15.4 Å². The molecule has 1 atom stereocenters. The van der Waals surface area contributed by atoms with Gasteiger partial charge in [0.05, 0.1) is 18.1 Å². The van der Waals surface area contributed by atoms with E-state index in [1.165, 1.54) is 30.3 Å². The minimum absolute atomic E-state index is 0.0429. The van der Waals surface area contributed by atoms with Crippen LogP contribution in [0.4, 0.5) is 22.4 Å². The standard InChI is InChI=1S/C27H29F4N3O4/c28-18-8-9-20(23(15-18)37-19-5-3-6-19)21-16-32-25(36)33-26(21)10-12-34(13-11-26)24(35)14-17-4-1-2-7-22(17)38-27(29,30)31/h1-2,4,7-9,15,19,21H,3,5-6,10-14,16H2,(H2,32,33,36)/t21-/m0/s1. The van der Waals surface area contributed by atoms with E-state index in [9.17, 15) is 27.2 Å². The summed E-state index contributed by atoms with van der Waals surface area (Å²) < 4.78 is 62.7. The summed E-state index contributed by atoms with van der Waals surface area (Å²) in [5, 5.41) is 5.90. The predicted octanol–water partition coefficient (Wildman–Crippen LogP) is 4.66. The van der Waals surface area contributed by atoms with Crippen molar-refractivity contribution in [3.05, 3.63) is 59.4 Å². The lowest BCUT2D eigenvalue weighted by atomic mass is 9.71. The Balaban J connectivity index is 1.31. The number of carbonyl (C=O) groups excluding carboxylic acids is 2. The Kier molecular flexibility index (Phi) is 7.11. The molecule has 0 bridgehead atoms. The van der Waals surface area contributed by atoms with Crippen molar-refractivity contribution in [1.82, 2.24) is 15.5 Å². The van der Waals surface area contributed by atoms with E-state index in [4.69, 9.17) is 4.74 Å². The van der Waals surface area contributed by atoms with Crippen molar-refractivity contribution in [1.29, 1.82) is 0 Å². The number of para-hydroxylation sites is 1. The Morgan fingerprint density at radius 2 is 1.82 bits per heavy atom. The van der Waals surface area contributed by atoms with Crippen LogP contribution in [0.15, 0.2) is 42.5 Å². The van der Waals surface area contributed by atoms with Crippen molar-refractivity contribution < 1.29 is 36.6 Å². The van der Waals surface area contributed by atoms with Crippen LogP contribution < -0.4 is 20.1 Å². The Hall–Kier alpha value is -3.50. The summed E-state index contributed by atoms with van der Waals surface area (Å²) in [6.07, 6.45) is -1.31. The van der Waals surface area contributed by atoms with Gasteiger partial charge in [0.1, 0.15) is 17.3 Å². The van der Waals surface area contributed by atoms with Gasteiger partial charge in [-0.3, -0.25) is 4.79 Å². The number of benzene rings is 2. The summed E-state index contributed by atoms with van der Waals surface area (Å²) >= 11 is 0. The lowest BCUT2D eigenvalue weighted by Crippen LogP contribution is -2.66. The second kappa shape index (κ2) is 10.3. The maximum Gasteiger partial charge on any atom is 0.573 e. The maximum absolute atomic E-state index is 14.1. The molecule has 1 spiro atoms. The summed E-state index contributed by atoms with van der Waals surface area (Å²) in [5.41, 5.74) is 0.252. The number of halogens is 4. The van der Waals surface area contributed by atoms with Crippen molar-refractivity contribution in [2.24, 2.45) is 0 Å². The first-order chi connectivity index (χ1) is 18.1. The van der Waals surface area contributed by atoms with Crippen LogP contribution >= 0.6 is 0 Å². The Bertz CT molecular complexity index is 1190. The predicted molar refractivity (Wildman–Crippen MR) is 129 cm³/mol. The fourth-order valence-corrected chi connectivity index (χ4v) is 5.50. The van der Waals surface area contributed by atoms with Gasteiger partial charge in [0, 0.05) is 42.7 Å². The monoisotopic (exact) mass is 535 g/mol. The number of hydrogen-bond donors (Lipinski definition) is 2. The molecule has 3 fully saturated rings. The van der Waals surface area contributed by atoms with Crippen molar-refractivity contribution in [3.8, 4) is 11.5 Å². The highest BCUT2D eigenvalue weighted by molar-refractivity contribution is 5.80. The van der Waals surface area contributed by atoms with E-state index < -0.39 is 23.5 Å². The first-order valence-electron chi connectivity index (χ1n) is 12.8. The number of ether oxygens (including phenoxy) is 2. The average Bonchev–Trinajstić information content (AvgIpc) is 2.83. The first kappa shape index (κ1) is 26.1. The maximum atomic E-state index is 14.1. The molecule has 11 heteroatoms. The molecule has 1 aliphatic carbocycles. The van der Waals surface area contributed by atoms with Gasteiger partial charge in [0.15, 0.2) is 0 Å². The third kappa shape index (κ3) is 5.66. The van der Waals surface area contributed by atoms with Gasteiger partial charge < -0.3 is 25.0 Å². The Morgan fingerprint density at radius 1 is 1.08 bits per heavy atom. The number of urea groups is 1. The van der Waals surface area contributed by atoms with Crippen molar-refractivity contribution in [3.63, 3.8) is 0 Å². The van der Waals surface area contributed by atoms with Crippen molar-refractivity contribution in [2.45, 2.75) is 62.4 Å². The van der Waals surface area contributed by atoms with Gasteiger partial charge in [-0.1, -0.05) is 24.3 Å². The second-order valence-electron chi connectivity index (χ2n) is 10.1. The molecule has 3 aliphatic rings. The van der Waals surface area contributed by atoms with Crippen LogP contribution in [0.5, 0.6) is 11.5 Å². The lowest BCUT2D eigenvalue weighted by Gasteiger charge is -2.50. The molecular weight excluding hydrogens is 506 g/mol. The number of alkyl halides is 3. The summed E-state index contributed by atoms with van der Waals surface area (Å²) in [6.45, 7) is 0.935. The molecular formula is C27H29F4N3O4. The van der Waals surface area contributed by atoms with Crippen LogP contribution in [-0.4, -0.2) is 54.5 Å². The minimum atomic E-state index is -4.86. The summed E-state index contributed by atoms with van der Waals surface area (Å²) in [4.78, 5) is 27.0. The molecule has 2 heterocycles. The van der Waals surface area contributed by atoms with Gasteiger partial charge in [-0.05, 0) is 44.2 Å². The Labute approximate surface area is 217 Å². The number of nitrogens with zero attached hydrogens (tertiary/aromatic N) is 1. The zero-order chi connectivity index (χ0) is 26.9. The fourth-order valence-electron chi connectivity index (χ4n) is 5.50. The zero-order valence-corrected chi connectivity index (χ0v) is 20.7. The molecule has 3 amide bonds. The number of likely N-dealkylation sites (tertiary alicyclic amines) is 1. The molecule has 2 aliphatic heterocycles. The van der Waals surface area contributed by atoms with Crippen LogP contribution in [-0.2, 0) is 11.2 Å². The van der Waals surface area contributed by atoms with E-state index in [0.29, 0.717) is 38.2 Å². The highest BCUT2D eigenvalue weighted by atomic mass is 19.4. The van der Waals surface area contributed by atoms with Crippen LogP contribution in [0.2, 0.25) is 0 Å². The van der Waals surface area contributed by atoms with Crippen molar-refractivity contribution in [2.75, 3.05) is 19.6 Å². The highest BCUT2D eigenvalue weighted by Gasteiger charge is 2.47. The molecule has 0 radical (unpaired) electrons. The smallest absolute Gasteiger partial charge is 0.490 e. The fraction of sp³-hybridized carbons (Fsp3) is 0.481. The molecule has 5 rings (SSSR count). The molecule has 38 heavy (non-hydrogen) atoms. The van der Waals surface area contributed by atoms with E-state index in [1.54, 1.807) is 17.0 Å². The lowest BCUT2D eigenvalue weighted by molar-refractivity contribution is -0.274.